The molecule has 1 aliphatic carbocycles. The van der Waals surface area contributed by atoms with Crippen molar-refractivity contribution in [1.82, 2.24) is 15.0 Å². The Morgan fingerprint density at radius 3 is 2.80 bits per heavy atom. The van der Waals surface area contributed by atoms with Crippen molar-refractivity contribution in [3.63, 3.8) is 0 Å². The number of nitrogens with zero attached hydrogens (tertiary/aromatic N) is 3. The van der Waals surface area contributed by atoms with E-state index in [1.807, 2.05) is 10.9 Å². The number of thiol groups is 1. The second kappa shape index (κ2) is 2.27. The van der Waals surface area contributed by atoms with E-state index in [4.69, 9.17) is 0 Å². The third-order valence-electron chi connectivity index (χ3n) is 1.98. The van der Waals surface area contributed by atoms with Gasteiger partial charge in [0, 0.05) is 11.4 Å². The lowest BCUT2D eigenvalue weighted by Gasteiger charge is -2.32. The lowest BCUT2D eigenvalue weighted by atomic mass is 9.92. The first-order valence-electron chi connectivity index (χ1n) is 3.42. The highest BCUT2D eigenvalue weighted by Gasteiger charge is 2.29. The number of aromatic nitrogens is 3. The van der Waals surface area contributed by atoms with Gasteiger partial charge in [-0.2, -0.15) is 12.6 Å². The van der Waals surface area contributed by atoms with Gasteiger partial charge in [-0.15, -0.1) is 5.10 Å². The molecule has 3 nitrogen and oxygen atoms in total. The summed E-state index contributed by atoms with van der Waals surface area (Å²) in [5.41, 5.74) is 0. The second-order valence-corrected chi connectivity index (χ2v) is 3.26. The number of hydrogen-bond donors (Lipinski definition) is 1. The summed E-state index contributed by atoms with van der Waals surface area (Å²) in [6.45, 7) is 0. The molecular weight excluding hydrogens is 146 g/mol. The van der Waals surface area contributed by atoms with Gasteiger partial charge < -0.3 is 0 Å². The molecule has 0 saturated heterocycles. The predicted octanol–water partition coefficient (Wildman–Crippen LogP) is 0.911. The van der Waals surface area contributed by atoms with Crippen LogP contribution in [0, 0.1) is 0 Å². The van der Waals surface area contributed by atoms with Crippen LogP contribution < -0.4 is 0 Å². The maximum absolute atomic E-state index is 4.38. The van der Waals surface area contributed by atoms with Crippen molar-refractivity contribution in [2.75, 3.05) is 0 Å². The molecule has 0 spiro atoms. The van der Waals surface area contributed by atoms with Gasteiger partial charge in [-0.3, -0.25) is 0 Å². The summed E-state index contributed by atoms with van der Waals surface area (Å²) in [6, 6.07) is 0.492. The van der Waals surface area contributed by atoms with Gasteiger partial charge in [-0.1, -0.05) is 5.21 Å². The van der Waals surface area contributed by atoms with Crippen molar-refractivity contribution in [3.8, 4) is 0 Å². The topological polar surface area (TPSA) is 30.7 Å². The van der Waals surface area contributed by atoms with Gasteiger partial charge in [0.1, 0.15) is 0 Å². The van der Waals surface area contributed by atoms with Crippen LogP contribution in [-0.4, -0.2) is 20.2 Å². The Labute approximate surface area is 64.8 Å². The summed E-state index contributed by atoms with van der Waals surface area (Å²) in [7, 11) is 0. The Morgan fingerprint density at radius 1 is 1.50 bits per heavy atom. The maximum Gasteiger partial charge on any atom is 0.0693 e. The zero-order chi connectivity index (χ0) is 6.97. The molecule has 2 rings (SSSR count). The first-order chi connectivity index (χ1) is 4.88. The molecule has 1 saturated carbocycles. The van der Waals surface area contributed by atoms with E-state index in [2.05, 4.69) is 22.9 Å². The fourth-order valence-corrected chi connectivity index (χ4v) is 1.60. The molecule has 10 heavy (non-hydrogen) atoms. The lowest BCUT2D eigenvalue weighted by molar-refractivity contribution is 0.299. The van der Waals surface area contributed by atoms with Crippen LogP contribution in [0.1, 0.15) is 18.9 Å². The Hall–Kier alpha value is -0.510. The van der Waals surface area contributed by atoms with Crippen LogP contribution in [0.4, 0.5) is 0 Å². The van der Waals surface area contributed by atoms with Gasteiger partial charge in [0.2, 0.25) is 0 Å². The van der Waals surface area contributed by atoms with Crippen molar-refractivity contribution in [3.05, 3.63) is 12.4 Å². The third kappa shape index (κ3) is 0.831. The Balaban J connectivity index is 2.14. The minimum atomic E-state index is 0.488. The molecular formula is C6H9N3S. The fourth-order valence-electron chi connectivity index (χ4n) is 1.17. The SMILES string of the molecule is SC1CCC1n1ccnn1. The molecule has 0 radical (unpaired) electrons. The van der Waals surface area contributed by atoms with Gasteiger partial charge in [0.25, 0.3) is 0 Å². The van der Waals surface area contributed by atoms with Crippen molar-refractivity contribution in [1.29, 1.82) is 0 Å². The summed E-state index contributed by atoms with van der Waals surface area (Å²) < 4.78 is 1.89. The van der Waals surface area contributed by atoms with E-state index < -0.39 is 0 Å². The van der Waals surface area contributed by atoms with Crippen LogP contribution >= 0.6 is 12.6 Å². The lowest BCUT2D eigenvalue weighted by Crippen LogP contribution is -2.30. The summed E-state index contributed by atoms with van der Waals surface area (Å²) in [6.07, 6.45) is 6.00. The van der Waals surface area contributed by atoms with Crippen LogP contribution in [0.25, 0.3) is 0 Å². The number of hydrogen-bond acceptors (Lipinski definition) is 3. The molecule has 0 bridgehead atoms. The smallest absolute Gasteiger partial charge is 0.0693 e. The molecule has 0 amide bonds. The average molecular weight is 155 g/mol. The van der Waals surface area contributed by atoms with Crippen molar-refractivity contribution in [2.24, 2.45) is 0 Å². The monoisotopic (exact) mass is 155 g/mol. The average Bonchev–Trinajstić information content (AvgIpc) is 2.37. The normalized spacial score (nSPS) is 31.7. The molecule has 1 heterocycles. The second-order valence-electron chi connectivity index (χ2n) is 2.60. The van der Waals surface area contributed by atoms with E-state index in [0.717, 1.165) is 0 Å². The molecule has 1 aromatic rings. The van der Waals surface area contributed by atoms with Crippen molar-refractivity contribution in [2.45, 2.75) is 24.1 Å². The largest absolute Gasteiger partial charge is 0.248 e. The summed E-state index contributed by atoms with van der Waals surface area (Å²) in [4.78, 5) is 0. The minimum absolute atomic E-state index is 0.488. The standard InChI is InChI=1S/C6H9N3S/c10-6-2-1-5(6)9-4-3-7-8-9/h3-6,10H,1-2H2. The molecule has 2 unspecified atom stereocenters. The highest BCUT2D eigenvalue weighted by Crippen LogP contribution is 2.35. The number of rotatable bonds is 1. The molecule has 1 fully saturated rings. The Bertz CT molecular complexity index is 209. The fraction of sp³-hybridized carbons (Fsp3) is 0.667. The molecule has 1 aliphatic rings. The van der Waals surface area contributed by atoms with Gasteiger partial charge in [0.15, 0.2) is 0 Å². The first kappa shape index (κ1) is 6.22. The van der Waals surface area contributed by atoms with Crippen molar-refractivity contribution >= 4 is 12.6 Å². The van der Waals surface area contributed by atoms with Crippen LogP contribution in [0.5, 0.6) is 0 Å². The third-order valence-corrected chi connectivity index (χ3v) is 2.59. The van der Waals surface area contributed by atoms with Crippen LogP contribution in [-0.2, 0) is 0 Å². The highest BCUT2D eigenvalue weighted by atomic mass is 32.1. The highest BCUT2D eigenvalue weighted by molar-refractivity contribution is 7.81. The van der Waals surface area contributed by atoms with E-state index >= 15 is 0 Å². The molecule has 4 heteroatoms. The summed E-state index contributed by atoms with van der Waals surface area (Å²) in [5.74, 6) is 0. The molecule has 1 aromatic heterocycles. The van der Waals surface area contributed by atoms with Crippen molar-refractivity contribution < 1.29 is 0 Å². The van der Waals surface area contributed by atoms with Crippen LogP contribution in [0.15, 0.2) is 12.4 Å². The zero-order valence-electron chi connectivity index (χ0n) is 5.51. The summed E-state index contributed by atoms with van der Waals surface area (Å²) in [5, 5.41) is 8.13. The maximum atomic E-state index is 4.38. The van der Waals surface area contributed by atoms with Gasteiger partial charge in [0.05, 0.1) is 12.2 Å². The Morgan fingerprint density at radius 2 is 2.40 bits per heavy atom. The molecule has 2 atom stereocenters. The van der Waals surface area contributed by atoms with Gasteiger partial charge >= 0.3 is 0 Å². The van der Waals surface area contributed by atoms with Crippen LogP contribution in [0.3, 0.4) is 0 Å². The van der Waals surface area contributed by atoms with E-state index in [1.165, 1.54) is 12.8 Å². The van der Waals surface area contributed by atoms with Crippen LogP contribution in [0.2, 0.25) is 0 Å². The van der Waals surface area contributed by atoms with E-state index in [1.54, 1.807) is 6.20 Å². The zero-order valence-corrected chi connectivity index (χ0v) is 6.41. The van der Waals surface area contributed by atoms with E-state index in [0.29, 0.717) is 11.3 Å². The Kier molecular flexibility index (Phi) is 1.41. The van der Waals surface area contributed by atoms with Gasteiger partial charge in [-0.25, -0.2) is 4.68 Å². The quantitative estimate of drug-likeness (QED) is 0.611. The molecule has 54 valence electrons. The summed E-state index contributed by atoms with van der Waals surface area (Å²) >= 11 is 4.38. The van der Waals surface area contributed by atoms with Gasteiger partial charge in [-0.05, 0) is 12.8 Å². The minimum Gasteiger partial charge on any atom is -0.248 e. The van der Waals surface area contributed by atoms with E-state index in [-0.39, 0.29) is 0 Å². The molecule has 0 aromatic carbocycles. The predicted molar refractivity (Wildman–Crippen MR) is 41.1 cm³/mol. The molecule has 0 N–H and O–H groups in total. The first-order valence-corrected chi connectivity index (χ1v) is 3.93. The molecule has 0 aliphatic heterocycles. The van der Waals surface area contributed by atoms with E-state index in [9.17, 15) is 0 Å².